The Labute approximate surface area is 160 Å². The molecule has 0 saturated carbocycles. The van der Waals surface area contributed by atoms with Crippen LogP contribution in [-0.2, 0) is 24.2 Å². The quantitative estimate of drug-likeness (QED) is 0.715. The van der Waals surface area contributed by atoms with E-state index in [9.17, 15) is 22.8 Å². The Morgan fingerprint density at radius 1 is 1.22 bits per heavy atom. The van der Waals surface area contributed by atoms with Gasteiger partial charge in [0.05, 0.1) is 16.1 Å². The summed E-state index contributed by atoms with van der Waals surface area (Å²) in [4.78, 5) is 37.1. The van der Waals surface area contributed by atoms with Crippen LogP contribution in [0.3, 0.4) is 0 Å². The molecule has 1 saturated heterocycles. The number of carbonyl (C=O) groups is 3. The zero-order valence-corrected chi connectivity index (χ0v) is 16.9. The fourth-order valence-corrected chi connectivity index (χ4v) is 4.36. The van der Waals surface area contributed by atoms with E-state index in [1.54, 1.807) is 6.92 Å². The highest BCUT2D eigenvalue weighted by Gasteiger charge is 2.49. The van der Waals surface area contributed by atoms with Gasteiger partial charge in [0, 0.05) is 25.6 Å². The Morgan fingerprint density at radius 2 is 1.81 bits per heavy atom. The van der Waals surface area contributed by atoms with Crippen LogP contribution >= 0.6 is 0 Å². The normalized spacial score (nSPS) is 20.4. The van der Waals surface area contributed by atoms with Crippen molar-refractivity contribution >= 4 is 33.2 Å². The molecule has 3 amide bonds. The molecule has 1 fully saturated rings. The second-order valence-electron chi connectivity index (χ2n) is 7.48. The predicted molar refractivity (Wildman–Crippen MR) is 102 cm³/mol. The minimum absolute atomic E-state index is 0.0322. The molecule has 0 aliphatic carbocycles. The number of likely N-dealkylation sites (tertiary alicyclic amines) is 1. The standard InChI is InChI=1S/C19H26N2O5S/c1-13(2)19(4)12-17(23)21(18(19)24)10-5-11-27(25,26)16-8-6-15(7-9-16)20-14(3)22/h6-9,13H,5,10-12H2,1-4H3,(H,20,22)/t19-/m0/s1. The number of carbonyl (C=O) groups excluding carboxylic acids is 3. The van der Waals surface area contributed by atoms with E-state index < -0.39 is 15.3 Å². The van der Waals surface area contributed by atoms with Crippen LogP contribution in [0, 0.1) is 11.3 Å². The summed E-state index contributed by atoms with van der Waals surface area (Å²) in [5.74, 6) is -0.835. The molecule has 0 spiro atoms. The molecule has 7 nitrogen and oxygen atoms in total. The molecule has 1 heterocycles. The van der Waals surface area contributed by atoms with E-state index in [1.807, 2.05) is 13.8 Å². The number of hydrogen-bond acceptors (Lipinski definition) is 5. The molecule has 1 aliphatic heterocycles. The van der Waals surface area contributed by atoms with E-state index >= 15 is 0 Å². The van der Waals surface area contributed by atoms with Gasteiger partial charge in [-0.1, -0.05) is 13.8 Å². The molecule has 1 atom stereocenters. The van der Waals surface area contributed by atoms with Gasteiger partial charge in [-0.15, -0.1) is 0 Å². The maximum Gasteiger partial charge on any atom is 0.235 e. The molecule has 0 aromatic heterocycles. The molecule has 2 rings (SSSR count). The van der Waals surface area contributed by atoms with Crippen LogP contribution in [0.15, 0.2) is 29.2 Å². The summed E-state index contributed by atoms with van der Waals surface area (Å²) in [7, 11) is -3.54. The largest absolute Gasteiger partial charge is 0.326 e. The Balaban J connectivity index is 1.99. The molecule has 0 unspecified atom stereocenters. The topological polar surface area (TPSA) is 101 Å². The average molecular weight is 394 g/mol. The molecule has 1 aromatic rings. The molecule has 148 valence electrons. The van der Waals surface area contributed by atoms with Crippen LogP contribution in [0.25, 0.3) is 0 Å². The Kier molecular flexibility index (Phi) is 6.09. The van der Waals surface area contributed by atoms with Crippen LogP contribution in [-0.4, -0.2) is 43.3 Å². The second-order valence-corrected chi connectivity index (χ2v) is 9.59. The summed E-state index contributed by atoms with van der Waals surface area (Å²) in [5, 5.41) is 2.57. The number of imide groups is 1. The Bertz CT molecular complexity index is 845. The summed E-state index contributed by atoms with van der Waals surface area (Å²) in [6.07, 6.45) is 0.350. The maximum atomic E-state index is 12.6. The van der Waals surface area contributed by atoms with E-state index in [4.69, 9.17) is 0 Å². The number of anilines is 1. The summed E-state index contributed by atoms with van der Waals surface area (Å²) in [6.45, 7) is 7.07. The minimum atomic E-state index is -3.54. The lowest BCUT2D eigenvalue weighted by Crippen LogP contribution is -2.37. The molecule has 0 radical (unpaired) electrons. The van der Waals surface area contributed by atoms with Gasteiger partial charge in [-0.2, -0.15) is 0 Å². The minimum Gasteiger partial charge on any atom is -0.326 e. The van der Waals surface area contributed by atoms with E-state index in [0.29, 0.717) is 5.69 Å². The average Bonchev–Trinajstić information content (AvgIpc) is 2.79. The molecular weight excluding hydrogens is 368 g/mol. The third kappa shape index (κ3) is 4.55. The third-order valence-electron chi connectivity index (χ3n) is 5.16. The smallest absolute Gasteiger partial charge is 0.235 e. The summed E-state index contributed by atoms with van der Waals surface area (Å²) in [6, 6.07) is 5.91. The van der Waals surface area contributed by atoms with Gasteiger partial charge in [0.25, 0.3) is 0 Å². The van der Waals surface area contributed by atoms with E-state index in [-0.39, 0.29) is 53.7 Å². The Morgan fingerprint density at radius 3 is 2.30 bits per heavy atom. The number of amides is 3. The van der Waals surface area contributed by atoms with Gasteiger partial charge in [-0.05, 0) is 43.5 Å². The van der Waals surface area contributed by atoms with Crippen molar-refractivity contribution in [3.05, 3.63) is 24.3 Å². The van der Waals surface area contributed by atoms with Crippen LogP contribution in [0.2, 0.25) is 0 Å². The van der Waals surface area contributed by atoms with E-state index in [2.05, 4.69) is 5.32 Å². The molecular formula is C19H26N2O5S. The first-order valence-corrected chi connectivity index (χ1v) is 10.6. The van der Waals surface area contributed by atoms with Crippen LogP contribution < -0.4 is 5.32 Å². The van der Waals surface area contributed by atoms with Crippen molar-refractivity contribution in [2.75, 3.05) is 17.6 Å². The fourth-order valence-electron chi connectivity index (χ4n) is 3.06. The number of benzene rings is 1. The summed E-state index contributed by atoms with van der Waals surface area (Å²) < 4.78 is 24.9. The number of sulfone groups is 1. The van der Waals surface area contributed by atoms with E-state index in [0.717, 1.165) is 0 Å². The van der Waals surface area contributed by atoms with Crippen LogP contribution in [0.5, 0.6) is 0 Å². The van der Waals surface area contributed by atoms with Crippen molar-refractivity contribution in [1.82, 2.24) is 4.90 Å². The monoisotopic (exact) mass is 394 g/mol. The molecule has 1 N–H and O–H groups in total. The van der Waals surface area contributed by atoms with Crippen molar-refractivity contribution in [1.29, 1.82) is 0 Å². The Hall–Kier alpha value is -2.22. The zero-order valence-electron chi connectivity index (χ0n) is 16.1. The highest BCUT2D eigenvalue weighted by molar-refractivity contribution is 7.91. The van der Waals surface area contributed by atoms with Crippen molar-refractivity contribution < 1.29 is 22.8 Å². The first-order chi connectivity index (χ1) is 12.5. The maximum absolute atomic E-state index is 12.6. The number of hydrogen-bond donors (Lipinski definition) is 1. The van der Waals surface area contributed by atoms with Gasteiger partial charge in [-0.25, -0.2) is 8.42 Å². The first-order valence-electron chi connectivity index (χ1n) is 8.92. The van der Waals surface area contributed by atoms with Crippen LogP contribution in [0.1, 0.15) is 40.5 Å². The summed E-state index contributed by atoms with van der Waals surface area (Å²) in [5.41, 5.74) is -0.196. The van der Waals surface area contributed by atoms with E-state index in [1.165, 1.54) is 36.1 Å². The van der Waals surface area contributed by atoms with Crippen molar-refractivity contribution in [3.63, 3.8) is 0 Å². The summed E-state index contributed by atoms with van der Waals surface area (Å²) >= 11 is 0. The lowest BCUT2D eigenvalue weighted by atomic mass is 9.78. The van der Waals surface area contributed by atoms with Gasteiger partial charge in [0.1, 0.15) is 0 Å². The lowest BCUT2D eigenvalue weighted by Gasteiger charge is -2.26. The molecule has 0 bridgehead atoms. The van der Waals surface area contributed by atoms with Crippen LogP contribution in [0.4, 0.5) is 5.69 Å². The molecule has 1 aromatic carbocycles. The number of rotatable bonds is 7. The zero-order chi connectivity index (χ0) is 20.4. The van der Waals surface area contributed by atoms with Crippen molar-refractivity contribution in [2.24, 2.45) is 11.3 Å². The second kappa shape index (κ2) is 7.80. The van der Waals surface area contributed by atoms with Gasteiger partial charge < -0.3 is 5.32 Å². The number of nitrogens with one attached hydrogen (secondary N) is 1. The third-order valence-corrected chi connectivity index (χ3v) is 6.97. The lowest BCUT2D eigenvalue weighted by molar-refractivity contribution is -0.142. The van der Waals surface area contributed by atoms with Crippen molar-refractivity contribution in [2.45, 2.75) is 45.4 Å². The SMILES string of the molecule is CC(=O)Nc1ccc(S(=O)(=O)CCCN2C(=O)C[C@@](C)(C(C)C)C2=O)cc1. The van der Waals surface area contributed by atoms with Gasteiger partial charge in [-0.3, -0.25) is 19.3 Å². The van der Waals surface area contributed by atoms with Gasteiger partial charge in [0.15, 0.2) is 9.84 Å². The van der Waals surface area contributed by atoms with Crippen molar-refractivity contribution in [3.8, 4) is 0 Å². The highest BCUT2D eigenvalue weighted by Crippen LogP contribution is 2.39. The predicted octanol–water partition coefficient (Wildman–Crippen LogP) is 2.23. The van der Waals surface area contributed by atoms with Gasteiger partial charge >= 0.3 is 0 Å². The molecule has 1 aliphatic rings. The van der Waals surface area contributed by atoms with Gasteiger partial charge in [0.2, 0.25) is 17.7 Å². The fraction of sp³-hybridized carbons (Fsp3) is 0.526. The highest BCUT2D eigenvalue weighted by atomic mass is 32.2. The number of nitrogens with zero attached hydrogens (tertiary/aromatic N) is 1. The molecule has 8 heteroatoms. The first kappa shape index (κ1) is 21.1. The molecule has 27 heavy (non-hydrogen) atoms.